The molecule has 0 saturated carbocycles. The summed E-state index contributed by atoms with van der Waals surface area (Å²) in [5.74, 6) is -2.50. The maximum absolute atomic E-state index is 11.2. The van der Waals surface area contributed by atoms with E-state index < -0.39 is 30.3 Å². The van der Waals surface area contributed by atoms with E-state index >= 15 is 0 Å². The number of rotatable bonds is 6. The zero-order chi connectivity index (χ0) is 13.5. The SMILES string of the molecule is C=CC(=O)OCCOC(=O)CN1C(=O)C=CC1=O. The van der Waals surface area contributed by atoms with E-state index in [0.717, 1.165) is 23.1 Å². The molecule has 0 aromatic heterocycles. The molecule has 0 spiro atoms. The lowest BCUT2D eigenvalue weighted by atomic mass is 10.5. The van der Waals surface area contributed by atoms with E-state index in [4.69, 9.17) is 0 Å². The van der Waals surface area contributed by atoms with Gasteiger partial charge in [0.1, 0.15) is 19.8 Å². The molecule has 0 unspecified atom stereocenters. The molecule has 0 atom stereocenters. The van der Waals surface area contributed by atoms with Gasteiger partial charge in [-0.25, -0.2) is 4.79 Å². The van der Waals surface area contributed by atoms with Crippen LogP contribution in [0.15, 0.2) is 24.8 Å². The second-order valence-corrected chi connectivity index (χ2v) is 3.19. The summed E-state index contributed by atoms with van der Waals surface area (Å²) < 4.78 is 9.23. The third kappa shape index (κ3) is 3.85. The average Bonchev–Trinajstić information content (AvgIpc) is 2.66. The number of esters is 2. The van der Waals surface area contributed by atoms with Crippen LogP contribution >= 0.6 is 0 Å². The van der Waals surface area contributed by atoms with Gasteiger partial charge in [-0.3, -0.25) is 19.3 Å². The summed E-state index contributed by atoms with van der Waals surface area (Å²) >= 11 is 0. The van der Waals surface area contributed by atoms with Crippen molar-refractivity contribution in [3.05, 3.63) is 24.8 Å². The monoisotopic (exact) mass is 253 g/mol. The van der Waals surface area contributed by atoms with E-state index in [0.29, 0.717) is 0 Å². The first-order valence-electron chi connectivity index (χ1n) is 5.03. The van der Waals surface area contributed by atoms with Gasteiger partial charge in [0.05, 0.1) is 0 Å². The van der Waals surface area contributed by atoms with Gasteiger partial charge in [0.25, 0.3) is 11.8 Å². The van der Waals surface area contributed by atoms with Gasteiger partial charge in [0, 0.05) is 18.2 Å². The summed E-state index contributed by atoms with van der Waals surface area (Å²) in [7, 11) is 0. The largest absolute Gasteiger partial charge is 0.461 e. The molecular formula is C11H11NO6. The van der Waals surface area contributed by atoms with Gasteiger partial charge in [0.15, 0.2) is 0 Å². The molecule has 0 radical (unpaired) electrons. The van der Waals surface area contributed by atoms with Gasteiger partial charge in [-0.1, -0.05) is 6.58 Å². The highest BCUT2D eigenvalue weighted by Gasteiger charge is 2.26. The quantitative estimate of drug-likeness (QED) is 0.266. The van der Waals surface area contributed by atoms with E-state index in [1.165, 1.54) is 0 Å². The third-order valence-electron chi connectivity index (χ3n) is 1.95. The Labute approximate surface area is 103 Å². The van der Waals surface area contributed by atoms with Crippen LogP contribution in [0.25, 0.3) is 0 Å². The first kappa shape index (κ1) is 13.6. The molecule has 0 aliphatic carbocycles. The minimum atomic E-state index is -0.755. The summed E-state index contributed by atoms with van der Waals surface area (Å²) in [4.78, 5) is 44.8. The van der Waals surface area contributed by atoms with E-state index in [2.05, 4.69) is 16.1 Å². The van der Waals surface area contributed by atoms with Crippen molar-refractivity contribution in [1.29, 1.82) is 0 Å². The second kappa shape index (κ2) is 6.33. The zero-order valence-corrected chi connectivity index (χ0v) is 9.46. The lowest BCUT2D eigenvalue weighted by molar-refractivity contribution is -0.154. The number of imide groups is 1. The van der Waals surface area contributed by atoms with E-state index in [1.807, 2.05) is 0 Å². The Balaban J connectivity index is 2.22. The first-order chi connectivity index (χ1) is 8.54. The van der Waals surface area contributed by atoms with Crippen molar-refractivity contribution in [3.8, 4) is 0 Å². The van der Waals surface area contributed by atoms with Crippen LogP contribution < -0.4 is 0 Å². The molecule has 1 aliphatic rings. The molecule has 18 heavy (non-hydrogen) atoms. The Hall–Kier alpha value is -2.44. The van der Waals surface area contributed by atoms with Crippen LogP contribution in [0.1, 0.15) is 0 Å². The lowest BCUT2D eigenvalue weighted by Gasteiger charge is -2.12. The predicted molar refractivity (Wildman–Crippen MR) is 58.0 cm³/mol. The fourth-order valence-electron chi connectivity index (χ4n) is 1.12. The predicted octanol–water partition coefficient (Wildman–Crippen LogP) is -0.816. The molecule has 0 aromatic carbocycles. The highest BCUT2D eigenvalue weighted by atomic mass is 16.6. The minimum Gasteiger partial charge on any atom is -0.461 e. The normalized spacial score (nSPS) is 13.7. The van der Waals surface area contributed by atoms with Gasteiger partial charge >= 0.3 is 11.9 Å². The van der Waals surface area contributed by atoms with Gasteiger partial charge in [0.2, 0.25) is 0 Å². The highest BCUT2D eigenvalue weighted by molar-refractivity contribution is 6.14. The summed E-state index contributed by atoms with van der Waals surface area (Å²) in [5, 5.41) is 0. The lowest BCUT2D eigenvalue weighted by Crippen LogP contribution is -2.36. The molecule has 0 N–H and O–H groups in total. The Kier molecular flexibility index (Phi) is 4.79. The number of hydrogen-bond acceptors (Lipinski definition) is 6. The average molecular weight is 253 g/mol. The number of carbonyl (C=O) groups is 4. The Morgan fingerprint density at radius 3 is 2.28 bits per heavy atom. The van der Waals surface area contributed by atoms with E-state index in [1.54, 1.807) is 0 Å². The fourth-order valence-corrected chi connectivity index (χ4v) is 1.12. The maximum atomic E-state index is 11.2. The Morgan fingerprint density at radius 2 is 1.72 bits per heavy atom. The molecule has 0 bridgehead atoms. The van der Waals surface area contributed by atoms with E-state index in [9.17, 15) is 19.2 Å². The molecule has 7 heteroatoms. The number of nitrogens with zero attached hydrogens (tertiary/aromatic N) is 1. The highest BCUT2D eigenvalue weighted by Crippen LogP contribution is 2.03. The first-order valence-corrected chi connectivity index (χ1v) is 5.03. The molecule has 7 nitrogen and oxygen atoms in total. The van der Waals surface area contributed by atoms with Gasteiger partial charge < -0.3 is 9.47 Å². The van der Waals surface area contributed by atoms with Crippen LogP contribution in [0.3, 0.4) is 0 Å². The van der Waals surface area contributed by atoms with Gasteiger partial charge in [-0.05, 0) is 0 Å². The van der Waals surface area contributed by atoms with Crippen LogP contribution in [0.5, 0.6) is 0 Å². The molecule has 96 valence electrons. The van der Waals surface area contributed by atoms with E-state index in [-0.39, 0.29) is 13.2 Å². The smallest absolute Gasteiger partial charge is 0.330 e. The van der Waals surface area contributed by atoms with Crippen LogP contribution in [-0.2, 0) is 28.7 Å². The minimum absolute atomic E-state index is 0.114. The van der Waals surface area contributed by atoms with Crippen molar-refractivity contribution in [1.82, 2.24) is 4.90 Å². The summed E-state index contributed by atoms with van der Waals surface area (Å²) in [6.45, 7) is 2.47. The van der Waals surface area contributed by atoms with Gasteiger partial charge in [-0.2, -0.15) is 0 Å². The van der Waals surface area contributed by atoms with Crippen molar-refractivity contribution in [2.75, 3.05) is 19.8 Å². The topological polar surface area (TPSA) is 90.0 Å². The summed E-state index contributed by atoms with van der Waals surface area (Å²) in [6, 6.07) is 0. The molecule has 2 amide bonds. The molecule has 1 aliphatic heterocycles. The molecule has 0 aromatic rings. The van der Waals surface area contributed by atoms with Crippen molar-refractivity contribution in [2.24, 2.45) is 0 Å². The van der Waals surface area contributed by atoms with Crippen LogP contribution in [0.2, 0.25) is 0 Å². The third-order valence-corrected chi connectivity index (χ3v) is 1.95. The number of ether oxygens (including phenoxy) is 2. The molecule has 1 rings (SSSR count). The van der Waals surface area contributed by atoms with Crippen LogP contribution in [0.4, 0.5) is 0 Å². The van der Waals surface area contributed by atoms with Crippen molar-refractivity contribution in [3.63, 3.8) is 0 Å². The van der Waals surface area contributed by atoms with Crippen LogP contribution in [-0.4, -0.2) is 48.4 Å². The number of amides is 2. The molecule has 1 heterocycles. The Bertz CT molecular complexity index is 407. The summed E-state index contributed by atoms with van der Waals surface area (Å²) in [6.07, 6.45) is 3.12. The van der Waals surface area contributed by atoms with Crippen molar-refractivity contribution in [2.45, 2.75) is 0 Å². The number of hydrogen-bond donors (Lipinski definition) is 0. The van der Waals surface area contributed by atoms with Crippen molar-refractivity contribution < 1.29 is 28.7 Å². The fraction of sp³-hybridized carbons (Fsp3) is 0.273. The Morgan fingerprint density at radius 1 is 1.17 bits per heavy atom. The van der Waals surface area contributed by atoms with Crippen LogP contribution in [0, 0.1) is 0 Å². The van der Waals surface area contributed by atoms with Gasteiger partial charge in [-0.15, -0.1) is 0 Å². The second-order valence-electron chi connectivity index (χ2n) is 3.19. The van der Waals surface area contributed by atoms with Crippen molar-refractivity contribution >= 4 is 23.8 Å². The number of carbonyl (C=O) groups excluding carboxylic acids is 4. The molecule has 0 saturated heterocycles. The maximum Gasteiger partial charge on any atom is 0.330 e. The summed E-state index contributed by atoms with van der Waals surface area (Å²) in [5.41, 5.74) is 0. The molecular weight excluding hydrogens is 242 g/mol. The zero-order valence-electron chi connectivity index (χ0n) is 9.46. The standard InChI is InChI=1S/C11H11NO6/c1-2-10(15)17-5-6-18-11(16)7-12-8(13)3-4-9(12)14/h2-4H,1,5-7H2. The molecule has 0 fully saturated rings.